The van der Waals surface area contributed by atoms with Crippen LogP contribution in [-0.4, -0.2) is 29.1 Å². The van der Waals surface area contributed by atoms with E-state index in [4.69, 9.17) is 0 Å². The number of aliphatic carboxylic acids is 1. The van der Waals surface area contributed by atoms with E-state index >= 15 is 0 Å². The highest BCUT2D eigenvalue weighted by Gasteiger charge is 2.40. The minimum absolute atomic E-state index is 0.234. The highest BCUT2D eigenvalue weighted by molar-refractivity contribution is 5.80. The van der Waals surface area contributed by atoms with Gasteiger partial charge in [-0.1, -0.05) is 19.9 Å². The third-order valence-electron chi connectivity index (χ3n) is 3.29. The number of halogens is 2. The zero-order chi connectivity index (χ0) is 13.9. The molecule has 3 nitrogen and oxygen atoms in total. The predicted molar refractivity (Wildman–Crippen MR) is 64.3 cm³/mol. The summed E-state index contributed by atoms with van der Waals surface area (Å²) < 4.78 is 26.2. The molecule has 0 unspecified atom stereocenters. The zero-order valence-electron chi connectivity index (χ0n) is 10.7. The smallest absolute Gasteiger partial charge is 0.328 e. The summed E-state index contributed by atoms with van der Waals surface area (Å²) in [5, 5.41) is 9.42. The van der Waals surface area contributed by atoms with Gasteiger partial charge in [-0.15, -0.1) is 0 Å². The lowest BCUT2D eigenvalue weighted by Gasteiger charge is -2.37. The molecule has 100 valence electrons. The van der Waals surface area contributed by atoms with Crippen LogP contribution in [0.5, 0.6) is 0 Å². The van der Waals surface area contributed by atoms with E-state index in [9.17, 15) is 18.7 Å². The summed E-state index contributed by atoms with van der Waals surface area (Å²) in [5.74, 6) is -3.10. The van der Waals surface area contributed by atoms with Crippen LogP contribution in [0.1, 0.15) is 26.3 Å². The average molecular weight is 257 g/mol. The summed E-state index contributed by atoms with van der Waals surface area (Å²) in [5.41, 5.74) is -1.13. The fourth-order valence-corrected chi connectivity index (χ4v) is 2.10. The van der Waals surface area contributed by atoms with Crippen molar-refractivity contribution in [2.75, 3.05) is 13.1 Å². The van der Waals surface area contributed by atoms with E-state index in [1.165, 1.54) is 13.0 Å². The van der Waals surface area contributed by atoms with Crippen molar-refractivity contribution in [1.82, 2.24) is 4.90 Å². The molecule has 0 saturated heterocycles. The monoisotopic (exact) mass is 257 g/mol. The Kier molecular flexibility index (Phi) is 4.40. The fraction of sp³-hybridized carbons (Fsp3) is 0.462. The number of hydrogen-bond donors (Lipinski definition) is 1. The first kappa shape index (κ1) is 14.6. The Labute approximate surface area is 105 Å². The Bertz CT molecular complexity index is 447. The molecule has 0 bridgehead atoms. The molecule has 0 radical (unpaired) electrons. The topological polar surface area (TPSA) is 40.5 Å². The van der Waals surface area contributed by atoms with Crippen LogP contribution >= 0.6 is 0 Å². The maximum absolute atomic E-state index is 13.3. The van der Waals surface area contributed by atoms with Gasteiger partial charge < -0.3 is 5.11 Å². The number of rotatable bonds is 5. The van der Waals surface area contributed by atoms with Gasteiger partial charge >= 0.3 is 5.97 Å². The molecular formula is C13H17F2NO2. The van der Waals surface area contributed by atoms with Crippen LogP contribution in [-0.2, 0) is 10.3 Å². The van der Waals surface area contributed by atoms with Crippen molar-refractivity contribution in [1.29, 1.82) is 0 Å². The summed E-state index contributed by atoms with van der Waals surface area (Å²) in [6, 6.07) is 3.21. The van der Waals surface area contributed by atoms with Crippen LogP contribution in [0.15, 0.2) is 18.2 Å². The van der Waals surface area contributed by atoms with E-state index in [-0.39, 0.29) is 5.56 Å². The maximum Gasteiger partial charge on any atom is 0.328 e. The molecule has 1 rings (SSSR count). The maximum atomic E-state index is 13.3. The summed E-state index contributed by atoms with van der Waals surface area (Å²) in [4.78, 5) is 13.2. The van der Waals surface area contributed by atoms with Crippen molar-refractivity contribution < 1.29 is 18.7 Å². The predicted octanol–water partition coefficient (Wildman–Crippen LogP) is 2.61. The Hall–Kier alpha value is -1.49. The molecule has 0 aliphatic rings. The lowest BCUT2D eigenvalue weighted by Crippen LogP contribution is -2.49. The largest absolute Gasteiger partial charge is 0.480 e. The second kappa shape index (κ2) is 5.44. The summed E-state index contributed by atoms with van der Waals surface area (Å²) >= 11 is 0. The van der Waals surface area contributed by atoms with Crippen LogP contribution in [0.4, 0.5) is 8.78 Å². The number of carbonyl (C=O) groups is 1. The Morgan fingerprint density at radius 1 is 1.28 bits per heavy atom. The second-order valence-corrected chi connectivity index (χ2v) is 4.18. The lowest BCUT2D eigenvalue weighted by atomic mass is 9.89. The average Bonchev–Trinajstić information content (AvgIpc) is 2.33. The van der Waals surface area contributed by atoms with E-state index in [1.807, 2.05) is 13.8 Å². The Balaban J connectivity index is 3.35. The summed E-state index contributed by atoms with van der Waals surface area (Å²) in [6.07, 6.45) is 0. The minimum Gasteiger partial charge on any atom is -0.480 e. The van der Waals surface area contributed by atoms with Crippen LogP contribution in [0.3, 0.4) is 0 Å². The molecule has 0 spiro atoms. The van der Waals surface area contributed by atoms with Crippen LogP contribution < -0.4 is 0 Å². The molecule has 1 atom stereocenters. The van der Waals surface area contributed by atoms with Gasteiger partial charge in [0, 0.05) is 0 Å². The van der Waals surface area contributed by atoms with Gasteiger partial charge in [0.1, 0.15) is 5.54 Å². The minimum atomic E-state index is -1.36. The number of benzene rings is 1. The van der Waals surface area contributed by atoms with Gasteiger partial charge in [-0.25, -0.2) is 13.6 Å². The van der Waals surface area contributed by atoms with E-state index in [1.54, 1.807) is 4.90 Å². The van der Waals surface area contributed by atoms with Gasteiger partial charge in [0.15, 0.2) is 11.6 Å². The van der Waals surface area contributed by atoms with Crippen molar-refractivity contribution >= 4 is 5.97 Å². The summed E-state index contributed by atoms with van der Waals surface area (Å²) in [6.45, 7) is 6.14. The van der Waals surface area contributed by atoms with Gasteiger partial charge in [-0.05, 0) is 37.7 Å². The van der Waals surface area contributed by atoms with E-state index < -0.39 is 23.1 Å². The van der Waals surface area contributed by atoms with E-state index in [0.717, 1.165) is 12.1 Å². The number of nitrogens with zero attached hydrogens (tertiary/aromatic N) is 1. The van der Waals surface area contributed by atoms with Gasteiger partial charge in [0.25, 0.3) is 0 Å². The zero-order valence-corrected chi connectivity index (χ0v) is 10.7. The highest BCUT2D eigenvalue weighted by atomic mass is 19.2. The number of likely N-dealkylation sites (N-methyl/N-ethyl adjacent to an activating group) is 1. The molecule has 1 N–H and O–H groups in total. The van der Waals surface area contributed by atoms with Crippen molar-refractivity contribution in [3.05, 3.63) is 35.4 Å². The molecular weight excluding hydrogens is 240 g/mol. The van der Waals surface area contributed by atoms with Crippen molar-refractivity contribution in [3.8, 4) is 0 Å². The molecule has 0 fully saturated rings. The highest BCUT2D eigenvalue weighted by Crippen LogP contribution is 2.29. The first-order valence-electron chi connectivity index (χ1n) is 5.81. The molecule has 1 aromatic carbocycles. The summed E-state index contributed by atoms with van der Waals surface area (Å²) in [7, 11) is 0. The van der Waals surface area contributed by atoms with Gasteiger partial charge in [-0.3, -0.25) is 4.90 Å². The number of carboxylic acids is 1. The Morgan fingerprint density at radius 3 is 2.22 bits per heavy atom. The van der Waals surface area contributed by atoms with Gasteiger partial charge in [0.05, 0.1) is 0 Å². The lowest BCUT2D eigenvalue weighted by molar-refractivity contribution is -0.151. The van der Waals surface area contributed by atoms with Gasteiger partial charge in [0.2, 0.25) is 0 Å². The van der Waals surface area contributed by atoms with E-state index in [2.05, 4.69) is 0 Å². The molecule has 0 heterocycles. The molecule has 0 aromatic heterocycles. The van der Waals surface area contributed by atoms with Gasteiger partial charge in [-0.2, -0.15) is 0 Å². The third kappa shape index (κ3) is 2.36. The van der Waals surface area contributed by atoms with Crippen molar-refractivity contribution in [2.45, 2.75) is 26.3 Å². The number of hydrogen-bond acceptors (Lipinski definition) is 2. The van der Waals surface area contributed by atoms with Crippen LogP contribution in [0.2, 0.25) is 0 Å². The first-order chi connectivity index (χ1) is 8.37. The Morgan fingerprint density at radius 2 is 1.83 bits per heavy atom. The molecule has 1 aromatic rings. The second-order valence-electron chi connectivity index (χ2n) is 4.18. The molecule has 0 saturated carbocycles. The van der Waals surface area contributed by atoms with Crippen LogP contribution in [0.25, 0.3) is 0 Å². The molecule has 0 amide bonds. The van der Waals surface area contributed by atoms with E-state index in [0.29, 0.717) is 13.1 Å². The molecule has 0 aliphatic carbocycles. The van der Waals surface area contributed by atoms with Crippen molar-refractivity contribution in [3.63, 3.8) is 0 Å². The molecule has 0 aliphatic heterocycles. The first-order valence-corrected chi connectivity index (χ1v) is 5.81. The van der Waals surface area contributed by atoms with Crippen LogP contribution in [0, 0.1) is 11.6 Å². The SMILES string of the molecule is CCN(CC)[C@@](C)(C(=O)O)c1ccc(F)c(F)c1. The molecule has 18 heavy (non-hydrogen) atoms. The fourth-order valence-electron chi connectivity index (χ4n) is 2.10. The standard InChI is InChI=1S/C13H17F2NO2/c1-4-16(5-2)13(3,12(17)18)9-6-7-10(14)11(15)8-9/h6-8H,4-5H2,1-3H3,(H,17,18)/t13-/m1/s1. The molecule has 5 heteroatoms. The normalized spacial score (nSPS) is 14.6. The van der Waals surface area contributed by atoms with Crippen molar-refractivity contribution in [2.24, 2.45) is 0 Å². The quantitative estimate of drug-likeness (QED) is 0.881. The number of carboxylic acid groups (broad SMARTS) is 1. The third-order valence-corrected chi connectivity index (χ3v) is 3.29.